The number of imide groups is 1. The van der Waals surface area contributed by atoms with E-state index in [1.54, 1.807) is 35.1 Å². The smallest absolute Gasteiger partial charge is 0.303 e. The number of ether oxygens (including phenoxy) is 18. The summed E-state index contributed by atoms with van der Waals surface area (Å²) in [5.74, 6) is -1.20. The summed E-state index contributed by atoms with van der Waals surface area (Å²) in [6, 6.07) is 6.86. The first-order chi connectivity index (χ1) is 58.5. The molecule has 0 spiro atoms. The third-order valence-corrected chi connectivity index (χ3v) is 21.3. The van der Waals surface area contributed by atoms with Crippen LogP contribution in [0.15, 0.2) is 40.7 Å². The number of halogens is 3. The summed E-state index contributed by atoms with van der Waals surface area (Å²) < 4.78 is 96.6. The zero-order valence-electron chi connectivity index (χ0n) is 71.5. The first-order valence-corrected chi connectivity index (χ1v) is 42.0. The minimum absolute atomic E-state index is 0.0132. The highest BCUT2D eigenvalue weighted by atomic mass is 35.6. The Hall–Kier alpha value is -6.05. The van der Waals surface area contributed by atoms with Gasteiger partial charge in [0.25, 0.3) is 9.70 Å². The van der Waals surface area contributed by atoms with Gasteiger partial charge in [-0.15, -0.1) is 5.10 Å². The van der Waals surface area contributed by atoms with Gasteiger partial charge in [-0.25, -0.2) is 4.68 Å². The molecule has 1 aromatic heterocycles. The number of carbonyl (C=O) groups is 5. The lowest BCUT2D eigenvalue weighted by molar-refractivity contribution is -0.302. The quantitative estimate of drug-likeness (QED) is 0.00384. The molecule has 7 heterocycles. The van der Waals surface area contributed by atoms with Crippen molar-refractivity contribution >= 4 is 70.4 Å². The molecule has 10 N–H and O–H groups in total. The summed E-state index contributed by atoms with van der Waals surface area (Å²) in [6.07, 6.45) is -12.5. The number of aliphatic hydroxyl groups excluding tert-OH is 9. The van der Waals surface area contributed by atoms with Gasteiger partial charge in [-0.3, -0.25) is 34.3 Å². The van der Waals surface area contributed by atoms with E-state index < -0.39 is 127 Å². The van der Waals surface area contributed by atoms with E-state index in [4.69, 9.17) is 142 Å². The fourth-order valence-electron chi connectivity index (χ4n) is 13.2. The number of azide groups is 2. The maximum Gasteiger partial charge on any atom is 0.303 e. The highest BCUT2D eigenvalue weighted by Crippen LogP contribution is 2.39. The SMILES string of the molecule is CC[C@H]1OC(O)[C@@H](OC(C)=O)[C@@H](C)[C@@H]1C.CC[C@H]1OC(OC(=N)C(Cl)(Cl)Cl)[C@@H](OC(C)=O)[C@@H](C)[C@@H]1C.CC[C@H]1OC(OCCOCCOCCN=[N+]=[N-])[C@@H](OC(C)=O)[C@@H](C)[C@@H]1C.O=C1CCN1C(=O)c1ccc(-c2cn(CCOCCOCCOC3O[C@H](CO)[C@@H](O)[C@H](O)[C@@H]3O)nn2)cc1.[N-]=[N+]=NCCOCCOCCOC1O[C@H](CO)[C@@H](O)[C@H](O)[C@@H]1O. The molecule has 25 atom stereocenters. The second kappa shape index (κ2) is 58.4. The number of benzene rings is 1. The molecular weight excluding hydrogens is 1700 g/mol. The van der Waals surface area contributed by atoms with E-state index in [2.05, 4.69) is 58.1 Å². The maximum absolute atomic E-state index is 12.3. The summed E-state index contributed by atoms with van der Waals surface area (Å²) in [5, 5.41) is 109. The molecule has 6 aliphatic heterocycles. The van der Waals surface area contributed by atoms with Gasteiger partial charge in [-0.1, -0.05) is 125 Å². The third-order valence-electron chi connectivity index (χ3n) is 20.8. The highest BCUT2D eigenvalue weighted by Gasteiger charge is 2.49. The van der Waals surface area contributed by atoms with E-state index in [0.29, 0.717) is 110 Å². The zero-order chi connectivity index (χ0) is 91.5. The molecule has 5 unspecified atom stereocenters. The fraction of sp³-hybridized carbons (Fsp3) is 0.818. The summed E-state index contributed by atoms with van der Waals surface area (Å²) in [4.78, 5) is 63.7. The lowest BCUT2D eigenvalue weighted by atomic mass is 9.82. The van der Waals surface area contributed by atoms with Crippen molar-refractivity contribution in [1.29, 1.82) is 5.41 Å². The van der Waals surface area contributed by atoms with Crippen molar-refractivity contribution in [3.8, 4) is 11.3 Å². The predicted octanol–water partition coefficient (Wildman–Crippen LogP) is 4.01. The minimum atomic E-state index is -1.99. The Balaban J connectivity index is 0.000000334. The number of rotatable bonds is 41. The van der Waals surface area contributed by atoms with Crippen LogP contribution in [0.3, 0.4) is 0 Å². The van der Waals surface area contributed by atoms with Gasteiger partial charge in [0, 0.05) is 85.5 Å². The van der Waals surface area contributed by atoms with E-state index in [-0.39, 0.29) is 111 Å². The Kier molecular flexibility index (Phi) is 51.9. The van der Waals surface area contributed by atoms with Crippen LogP contribution in [0.1, 0.15) is 119 Å². The standard InChI is InChI=1S/C24H32N4O10.C17H31N3O6.C13H20Cl3NO4.C12H23N3O8.C11H20O4/c29-14-18-20(31)21(32)22(33)24(38-18)37-12-11-36-10-9-35-8-7-27-13-17(25-26-27)15-1-3-16(4-2-15)23(34)28-6-5-19(28)30;1-5-15-12(2)13(3)16(25-14(4)21)17(26-15)24-11-10-23-9-8-22-7-6-19-20-18;1-5-9-6(2)7(3)10(19-8(4)18)11(20-9)21-12(17)13(14,15)16;13-15-14-1-2-20-3-4-21-5-6-22-12-11(19)10(18)9(17)8(7-16)23-12;1-5-9-6(2)7(3)10(11(13)15-9)14-8(4)12/h1-4,13,18,20-22,24,29,31-33H,5-12,14H2;12-13,15-17H,5-11H2,1-4H3;6-7,9-11,17H,5H2,1-4H3;8-12,16-19H,1-7H2;6-7,9-11,13H,5H2,1-4H3/t18-,20-,21+,22+,24?;12-,13-,15+,16-,17?;6-,7-,9+,10-,11?;8-,9-,10+,11+,12?;6-,7-,9+,10-,11?/m10010/s1. The van der Waals surface area contributed by atoms with E-state index in [0.717, 1.165) is 24.8 Å². The second-order valence-electron chi connectivity index (χ2n) is 29.3. The molecule has 43 nitrogen and oxygen atoms in total. The number of aliphatic hydroxyl groups is 9. The largest absolute Gasteiger partial charge is 0.457 e. The lowest BCUT2D eigenvalue weighted by Gasteiger charge is -2.43. The van der Waals surface area contributed by atoms with Crippen molar-refractivity contribution in [3.63, 3.8) is 0 Å². The van der Waals surface area contributed by atoms with Crippen molar-refractivity contribution in [2.45, 2.75) is 236 Å². The summed E-state index contributed by atoms with van der Waals surface area (Å²) in [6.45, 7) is 27.2. The monoisotopic (exact) mass is 1820 g/mol. The van der Waals surface area contributed by atoms with Crippen LogP contribution in [-0.2, 0) is 111 Å². The highest BCUT2D eigenvalue weighted by molar-refractivity contribution is 6.76. The van der Waals surface area contributed by atoms with Gasteiger partial charge in [0.05, 0.1) is 143 Å². The van der Waals surface area contributed by atoms with Crippen LogP contribution >= 0.6 is 34.8 Å². The molecule has 702 valence electrons. The minimum Gasteiger partial charge on any atom is -0.457 e. The first-order valence-electron chi connectivity index (χ1n) is 40.8. The molecule has 6 aliphatic rings. The average molecular weight is 1820 g/mol. The Labute approximate surface area is 729 Å². The van der Waals surface area contributed by atoms with E-state index in [9.17, 15) is 64.8 Å². The summed E-state index contributed by atoms with van der Waals surface area (Å²) in [7, 11) is 0. The topological polar surface area (TPSA) is 589 Å². The first kappa shape index (κ1) is 109. The average Bonchev–Trinajstić information content (AvgIpc) is 0.822. The van der Waals surface area contributed by atoms with Gasteiger partial charge >= 0.3 is 17.9 Å². The van der Waals surface area contributed by atoms with Crippen molar-refractivity contribution in [2.75, 3.05) is 132 Å². The number of alkyl halides is 3. The molecule has 6 saturated heterocycles. The molecular formula is C77H126Cl3N11O32. The van der Waals surface area contributed by atoms with Crippen LogP contribution in [0, 0.1) is 40.9 Å². The van der Waals surface area contributed by atoms with Crippen molar-refractivity contribution in [1.82, 2.24) is 19.9 Å². The molecule has 46 heteroatoms. The zero-order valence-corrected chi connectivity index (χ0v) is 73.8. The number of esters is 3. The van der Waals surface area contributed by atoms with Gasteiger partial charge in [-0.2, -0.15) is 0 Å². The molecule has 8 rings (SSSR count). The van der Waals surface area contributed by atoms with E-state index in [1.165, 1.54) is 25.7 Å². The van der Waals surface area contributed by atoms with E-state index >= 15 is 0 Å². The number of likely N-dealkylation sites (tertiary alicyclic amines) is 1. The number of hydrogen-bond donors (Lipinski definition) is 10. The van der Waals surface area contributed by atoms with E-state index in [1.807, 2.05) is 34.6 Å². The number of nitrogens with zero attached hydrogens (tertiary/aromatic N) is 10. The van der Waals surface area contributed by atoms with Crippen LogP contribution < -0.4 is 0 Å². The number of aromatic nitrogens is 3. The number of nitrogens with one attached hydrogen (secondary N) is 1. The molecule has 6 fully saturated rings. The molecule has 123 heavy (non-hydrogen) atoms. The predicted molar refractivity (Wildman–Crippen MR) is 434 cm³/mol. The van der Waals surface area contributed by atoms with Crippen LogP contribution in [0.2, 0.25) is 0 Å². The molecule has 2 aromatic rings. The molecule has 0 radical (unpaired) electrons. The van der Waals surface area contributed by atoms with Crippen LogP contribution in [-0.4, -0.2) is 354 Å². The van der Waals surface area contributed by atoms with Crippen molar-refractivity contribution in [2.24, 2.45) is 45.7 Å². The number of amides is 2. The lowest BCUT2D eigenvalue weighted by Crippen LogP contribution is -2.59. The molecule has 0 bridgehead atoms. The summed E-state index contributed by atoms with van der Waals surface area (Å²) in [5.41, 5.74) is 18.1. The summed E-state index contributed by atoms with van der Waals surface area (Å²) >= 11 is 16.8. The fourth-order valence-corrected chi connectivity index (χ4v) is 13.3. The Morgan fingerprint density at radius 3 is 1.27 bits per heavy atom. The normalized spacial score (nSPS) is 30.4. The number of β-lactam (4-membered cyclic amide) rings is 1. The maximum atomic E-state index is 12.3. The van der Waals surface area contributed by atoms with Gasteiger partial charge in [0.1, 0.15) is 54.5 Å². The van der Waals surface area contributed by atoms with Crippen LogP contribution in [0.4, 0.5) is 0 Å². The van der Waals surface area contributed by atoms with Gasteiger partial charge < -0.3 is 131 Å². The second-order valence-corrected chi connectivity index (χ2v) is 31.6. The molecule has 2 amide bonds. The Bertz CT molecular complexity index is 3490. The van der Waals surface area contributed by atoms with Crippen LogP contribution in [0.25, 0.3) is 32.1 Å². The number of carbonyl (C=O) groups excluding carboxylic acids is 5. The molecule has 0 saturated carbocycles. The Morgan fingerprint density at radius 2 is 0.878 bits per heavy atom. The van der Waals surface area contributed by atoms with Crippen molar-refractivity contribution < 1.29 is 155 Å². The number of hydrogen-bond acceptors (Lipinski definition) is 37. The third kappa shape index (κ3) is 36.9. The van der Waals surface area contributed by atoms with Crippen molar-refractivity contribution in [3.05, 3.63) is 56.9 Å². The van der Waals surface area contributed by atoms with Gasteiger partial charge in [0.15, 0.2) is 43.5 Å². The molecule has 1 aromatic carbocycles. The Morgan fingerprint density at radius 1 is 0.504 bits per heavy atom. The molecule has 0 aliphatic carbocycles. The van der Waals surface area contributed by atoms with Crippen LogP contribution in [0.5, 0.6) is 0 Å². The van der Waals surface area contributed by atoms with Gasteiger partial charge in [0.2, 0.25) is 18.1 Å². The van der Waals surface area contributed by atoms with Gasteiger partial charge in [-0.05, 0) is 60.2 Å².